The molecule has 0 heterocycles. The van der Waals surface area contributed by atoms with Crippen molar-refractivity contribution in [1.29, 1.82) is 0 Å². The molecular weight excluding hydrogens is 673 g/mol. The van der Waals surface area contributed by atoms with Gasteiger partial charge in [-0.25, -0.2) is 0 Å². The van der Waals surface area contributed by atoms with E-state index < -0.39 is 0 Å². The Labute approximate surface area is 319 Å². The van der Waals surface area contributed by atoms with Crippen LogP contribution < -0.4 is 0 Å². The Morgan fingerprint density at radius 2 is 0.731 bits per heavy atom. The van der Waals surface area contributed by atoms with Gasteiger partial charge in [0.1, 0.15) is 11.5 Å². The zero-order chi connectivity index (χ0) is 36.9. The number of thioether (sulfide) groups is 2. The summed E-state index contributed by atoms with van der Waals surface area (Å²) in [6, 6.07) is 46.0. The van der Waals surface area contributed by atoms with Crippen molar-refractivity contribution in [2.24, 2.45) is 0 Å². The second-order valence-corrected chi connectivity index (χ2v) is 17.7. The van der Waals surface area contributed by atoms with Gasteiger partial charge < -0.3 is 10.2 Å². The zero-order valence-corrected chi connectivity index (χ0v) is 32.9. The summed E-state index contributed by atoms with van der Waals surface area (Å²) in [5, 5.41) is 23.4. The van der Waals surface area contributed by atoms with Crippen molar-refractivity contribution >= 4 is 23.5 Å². The highest BCUT2D eigenvalue weighted by atomic mass is 32.2. The largest absolute Gasteiger partial charge is 0.507 e. The molecule has 52 heavy (non-hydrogen) atoms. The molecule has 2 nitrogen and oxygen atoms in total. The predicted octanol–water partition coefficient (Wildman–Crippen LogP) is 14.0. The Hall–Kier alpha value is -4.38. The van der Waals surface area contributed by atoms with Gasteiger partial charge in [0, 0.05) is 32.0 Å². The first-order valence-corrected chi connectivity index (χ1v) is 20.2. The number of hydrogen-bond donors (Lipinski definition) is 2. The van der Waals surface area contributed by atoms with Gasteiger partial charge in [-0.15, -0.1) is 23.5 Å². The number of aromatic hydroxyl groups is 2. The van der Waals surface area contributed by atoms with Crippen LogP contribution in [0.1, 0.15) is 65.5 Å². The van der Waals surface area contributed by atoms with Crippen LogP contribution in [0, 0.1) is 0 Å². The van der Waals surface area contributed by atoms with Gasteiger partial charge in [0.2, 0.25) is 0 Å². The van der Waals surface area contributed by atoms with E-state index >= 15 is 0 Å². The highest BCUT2D eigenvalue weighted by Crippen LogP contribution is 2.46. The monoisotopic (exact) mass is 722 g/mol. The van der Waals surface area contributed by atoms with Crippen molar-refractivity contribution in [3.05, 3.63) is 145 Å². The first-order chi connectivity index (χ1) is 24.9. The van der Waals surface area contributed by atoms with Gasteiger partial charge in [0.15, 0.2) is 0 Å². The van der Waals surface area contributed by atoms with Crippen LogP contribution in [0.4, 0.5) is 0 Å². The van der Waals surface area contributed by atoms with Gasteiger partial charge in [-0.05, 0) is 105 Å². The van der Waals surface area contributed by atoms with Crippen LogP contribution >= 0.6 is 23.5 Å². The van der Waals surface area contributed by atoms with Crippen LogP contribution in [0.3, 0.4) is 0 Å². The molecule has 266 valence electrons. The maximum atomic E-state index is 11.7. The molecular formula is C48H50O2S2. The quantitative estimate of drug-likeness (QED) is 0.103. The number of phenols is 2. The molecule has 0 aromatic heterocycles. The number of hydrogen-bond acceptors (Lipinski definition) is 4. The summed E-state index contributed by atoms with van der Waals surface area (Å²) in [5.74, 6) is 2.63. The molecule has 0 saturated carbocycles. The number of unbranched alkanes of at least 4 members (excludes halogenated alkanes) is 1. The SMILES string of the molecule is CC(C)(C)c1cc(-c2ccccc2)c(O)c(-c2ccccc2SCCCCSc2ccccc2-c2cc(C(C)(C)C)cc(-c3ccccc3)c2O)c1. The molecule has 0 aliphatic rings. The number of rotatable bonds is 11. The lowest BCUT2D eigenvalue weighted by Gasteiger charge is -2.23. The van der Waals surface area contributed by atoms with Gasteiger partial charge in [-0.2, -0.15) is 0 Å². The highest BCUT2D eigenvalue weighted by molar-refractivity contribution is 7.99. The van der Waals surface area contributed by atoms with E-state index in [1.807, 2.05) is 59.9 Å². The van der Waals surface area contributed by atoms with E-state index in [9.17, 15) is 10.2 Å². The minimum atomic E-state index is -0.0668. The molecule has 6 aromatic rings. The molecule has 0 aliphatic carbocycles. The van der Waals surface area contributed by atoms with E-state index in [2.05, 4.69) is 139 Å². The summed E-state index contributed by atoms with van der Waals surface area (Å²) in [6.07, 6.45) is 2.14. The second-order valence-electron chi connectivity index (χ2n) is 15.5. The fraction of sp³-hybridized carbons (Fsp3) is 0.250. The molecule has 2 N–H and O–H groups in total. The second kappa shape index (κ2) is 16.1. The summed E-state index contributed by atoms with van der Waals surface area (Å²) in [4.78, 5) is 2.37. The Morgan fingerprint density at radius 3 is 1.10 bits per heavy atom. The molecule has 0 fully saturated rings. The highest BCUT2D eigenvalue weighted by Gasteiger charge is 2.23. The summed E-state index contributed by atoms with van der Waals surface area (Å²) in [7, 11) is 0. The summed E-state index contributed by atoms with van der Waals surface area (Å²) >= 11 is 3.73. The fourth-order valence-electron chi connectivity index (χ4n) is 6.42. The number of phenolic OH excluding ortho intramolecular Hbond substituents is 2. The van der Waals surface area contributed by atoms with Crippen LogP contribution in [0.25, 0.3) is 44.5 Å². The molecule has 0 atom stereocenters. The maximum Gasteiger partial charge on any atom is 0.131 e. The first kappa shape index (κ1) is 37.4. The lowest BCUT2D eigenvalue weighted by molar-refractivity contribution is 0.477. The van der Waals surface area contributed by atoms with Crippen molar-refractivity contribution in [1.82, 2.24) is 0 Å². The smallest absolute Gasteiger partial charge is 0.131 e. The average Bonchev–Trinajstić information content (AvgIpc) is 3.13. The Bertz CT molecular complexity index is 1970. The molecule has 0 amide bonds. The van der Waals surface area contributed by atoms with Gasteiger partial charge in [-0.3, -0.25) is 0 Å². The van der Waals surface area contributed by atoms with Crippen LogP contribution in [0.2, 0.25) is 0 Å². The molecule has 0 unspecified atom stereocenters. The van der Waals surface area contributed by atoms with Crippen molar-refractivity contribution in [3.63, 3.8) is 0 Å². The van der Waals surface area contributed by atoms with Crippen LogP contribution in [0.5, 0.6) is 11.5 Å². The minimum Gasteiger partial charge on any atom is -0.507 e. The summed E-state index contributed by atoms with van der Waals surface area (Å²) < 4.78 is 0. The van der Waals surface area contributed by atoms with E-state index in [1.54, 1.807) is 0 Å². The summed E-state index contributed by atoms with van der Waals surface area (Å²) in [6.45, 7) is 13.3. The van der Waals surface area contributed by atoms with Gasteiger partial charge in [0.05, 0.1) is 0 Å². The van der Waals surface area contributed by atoms with E-state index in [4.69, 9.17) is 0 Å². The van der Waals surface area contributed by atoms with Gasteiger partial charge in [-0.1, -0.05) is 139 Å². The van der Waals surface area contributed by atoms with E-state index in [1.165, 1.54) is 20.9 Å². The molecule has 0 saturated heterocycles. The van der Waals surface area contributed by atoms with E-state index in [0.29, 0.717) is 11.5 Å². The number of benzene rings is 6. The minimum absolute atomic E-state index is 0.0668. The van der Waals surface area contributed by atoms with Crippen molar-refractivity contribution in [2.45, 2.75) is 75.0 Å². The molecule has 6 rings (SSSR count). The third-order valence-corrected chi connectivity index (χ3v) is 11.8. The third kappa shape index (κ3) is 8.62. The first-order valence-electron chi connectivity index (χ1n) is 18.2. The molecule has 4 heteroatoms. The maximum absolute atomic E-state index is 11.7. The van der Waals surface area contributed by atoms with Crippen molar-refractivity contribution in [2.75, 3.05) is 11.5 Å². The van der Waals surface area contributed by atoms with Crippen LogP contribution in [0.15, 0.2) is 143 Å². The lowest BCUT2D eigenvalue weighted by Crippen LogP contribution is -2.11. The Kier molecular flexibility index (Phi) is 11.6. The topological polar surface area (TPSA) is 40.5 Å². The predicted molar refractivity (Wildman–Crippen MR) is 226 cm³/mol. The Balaban J connectivity index is 1.17. The van der Waals surface area contributed by atoms with Crippen molar-refractivity contribution < 1.29 is 10.2 Å². The lowest BCUT2D eigenvalue weighted by atomic mass is 9.82. The summed E-state index contributed by atoms with van der Waals surface area (Å²) in [5.41, 5.74) is 9.96. The van der Waals surface area contributed by atoms with Gasteiger partial charge in [0.25, 0.3) is 0 Å². The molecule has 6 aromatic carbocycles. The zero-order valence-electron chi connectivity index (χ0n) is 31.2. The molecule has 0 radical (unpaired) electrons. The standard InChI is InChI=1S/C48H50O2S2/c1-47(2,3)35-29-39(33-19-9-7-10-20-33)45(49)41(31-35)37-23-13-15-25-43(37)51-27-17-18-28-52-44-26-16-14-24-38(44)42-32-36(48(4,5)6)30-40(46(42)50)34-21-11-8-12-22-34/h7-16,19-26,29-32,49-50H,17-18,27-28H2,1-6H3. The fourth-order valence-corrected chi connectivity index (χ4v) is 8.57. The van der Waals surface area contributed by atoms with E-state index in [-0.39, 0.29) is 10.8 Å². The molecule has 0 spiro atoms. The van der Waals surface area contributed by atoms with E-state index in [0.717, 1.165) is 68.9 Å². The van der Waals surface area contributed by atoms with Crippen LogP contribution in [-0.2, 0) is 10.8 Å². The Morgan fingerprint density at radius 1 is 0.404 bits per heavy atom. The molecule has 0 bridgehead atoms. The average molecular weight is 723 g/mol. The van der Waals surface area contributed by atoms with Gasteiger partial charge >= 0.3 is 0 Å². The van der Waals surface area contributed by atoms with Crippen molar-refractivity contribution in [3.8, 4) is 56.0 Å². The third-order valence-electron chi connectivity index (χ3n) is 9.53. The normalized spacial score (nSPS) is 11.9. The van der Waals surface area contributed by atoms with Crippen LogP contribution in [-0.4, -0.2) is 21.7 Å². The molecule has 0 aliphatic heterocycles.